The van der Waals surface area contributed by atoms with Crippen LogP contribution in [0, 0.1) is 0 Å². The van der Waals surface area contributed by atoms with Crippen LogP contribution in [-0.4, -0.2) is 48.9 Å². The van der Waals surface area contributed by atoms with Crippen molar-refractivity contribution in [2.24, 2.45) is 0 Å². The number of hydrogen-bond donors (Lipinski definition) is 1. The van der Waals surface area contributed by atoms with Gasteiger partial charge in [-0.1, -0.05) is 84.9 Å². The summed E-state index contributed by atoms with van der Waals surface area (Å²) < 4.78 is 5.16. The summed E-state index contributed by atoms with van der Waals surface area (Å²) in [5.74, 6) is -2.64. The van der Waals surface area contributed by atoms with Crippen LogP contribution in [0.5, 0.6) is 0 Å². The Morgan fingerprint density at radius 2 is 1.12 bits per heavy atom. The zero-order chi connectivity index (χ0) is 30.2. The van der Waals surface area contributed by atoms with E-state index in [1.807, 2.05) is 91.9 Å². The molecule has 1 aliphatic rings. The summed E-state index contributed by atoms with van der Waals surface area (Å²) in [4.78, 5) is 41.5. The van der Waals surface area contributed by atoms with Gasteiger partial charge in [-0.25, -0.2) is 4.79 Å². The number of carbonyl (C=O) groups excluding carboxylic acids is 2. The van der Waals surface area contributed by atoms with Gasteiger partial charge >= 0.3 is 5.97 Å². The lowest BCUT2D eigenvalue weighted by Crippen LogP contribution is -2.44. The largest absolute Gasteiger partial charge is 0.480 e. The second-order valence-corrected chi connectivity index (χ2v) is 10.7. The van der Waals surface area contributed by atoms with Crippen molar-refractivity contribution in [2.45, 2.75) is 31.8 Å². The number of likely N-dealkylation sites (N-methyl/N-ethyl adjacent to an activating group) is 1. The number of Topliss-reactive ketones (excluding diaryl/α,β-unsaturated/α-hetero) is 2. The van der Waals surface area contributed by atoms with E-state index in [0.29, 0.717) is 18.7 Å². The zero-order valence-electron chi connectivity index (χ0n) is 24.3. The fraction of sp³-hybridized carbons (Fsp3) is 0.250. The van der Waals surface area contributed by atoms with Crippen molar-refractivity contribution in [3.8, 4) is 0 Å². The smallest absolute Gasteiger partial charge is 0.329 e. The quantitative estimate of drug-likeness (QED) is 0.149. The Kier molecular flexibility index (Phi) is 9.64. The minimum atomic E-state index is -0.996. The normalized spacial score (nSPS) is 16.0. The molecule has 1 fully saturated rings. The molecule has 43 heavy (non-hydrogen) atoms. The Morgan fingerprint density at radius 3 is 1.53 bits per heavy atom. The first-order valence-electron chi connectivity index (χ1n) is 14.6. The van der Waals surface area contributed by atoms with E-state index in [2.05, 4.69) is 34.1 Å². The molecule has 1 aliphatic carbocycles. The summed E-state index contributed by atoms with van der Waals surface area (Å²) >= 11 is 0. The summed E-state index contributed by atoms with van der Waals surface area (Å²) in [5.41, 5.74) is 5.78. The van der Waals surface area contributed by atoms with E-state index in [9.17, 15) is 14.4 Å². The topological polar surface area (TPSA) is 87.2 Å². The number of carbonyl (C=O) groups is 3. The van der Waals surface area contributed by atoms with Crippen molar-refractivity contribution in [1.29, 1.82) is 0 Å². The van der Waals surface area contributed by atoms with Gasteiger partial charge in [0, 0.05) is 37.6 Å². The minimum Gasteiger partial charge on any atom is -0.480 e. The molecule has 0 aliphatic heterocycles. The number of aliphatic carboxylic acids is 1. The van der Waals surface area contributed by atoms with Crippen LogP contribution in [0.25, 0.3) is 0 Å². The molecule has 0 bridgehead atoms. The number of nitrogens with zero attached hydrogens (tertiary/aromatic N) is 2. The van der Waals surface area contributed by atoms with E-state index in [0.717, 1.165) is 30.0 Å². The van der Waals surface area contributed by atoms with Gasteiger partial charge in [-0.3, -0.25) is 9.59 Å². The van der Waals surface area contributed by atoms with Gasteiger partial charge < -0.3 is 19.6 Å². The van der Waals surface area contributed by atoms with Gasteiger partial charge in [-0.15, -0.1) is 0 Å². The predicted octanol–water partition coefficient (Wildman–Crippen LogP) is 5.84. The minimum absolute atomic E-state index is 0.0784. The standard InChI is InChI=1S/C36H36N2O5/c1-2-37(21-22-43-25-32(39)40)30-17-13-28(14-18-30)33-35(41)34(36(33)42)29-15-19-31(20-16-29)38(23-26-9-5-3-6-10-26)24-27-11-7-4-8-12-27/h3-20,33-34H,2,21-25H2,1H3,(H,39,40). The molecule has 0 heterocycles. The molecule has 0 atom stereocenters. The van der Waals surface area contributed by atoms with Gasteiger partial charge in [0.1, 0.15) is 18.4 Å². The van der Waals surface area contributed by atoms with Crippen LogP contribution in [0.3, 0.4) is 0 Å². The van der Waals surface area contributed by atoms with Crippen LogP contribution < -0.4 is 9.80 Å². The molecule has 4 aromatic rings. The molecule has 0 unspecified atom stereocenters. The first kappa shape index (κ1) is 29.7. The number of carboxylic acids is 1. The third kappa shape index (κ3) is 7.19. The highest BCUT2D eigenvalue weighted by atomic mass is 16.5. The van der Waals surface area contributed by atoms with Crippen LogP contribution in [0.15, 0.2) is 109 Å². The molecule has 7 heteroatoms. The van der Waals surface area contributed by atoms with E-state index in [1.54, 1.807) is 0 Å². The third-order valence-corrected chi connectivity index (χ3v) is 7.87. The predicted molar refractivity (Wildman–Crippen MR) is 167 cm³/mol. The van der Waals surface area contributed by atoms with Crippen molar-refractivity contribution in [3.05, 3.63) is 131 Å². The second kappa shape index (κ2) is 13.9. The summed E-state index contributed by atoms with van der Waals surface area (Å²) in [6, 6.07) is 35.9. The number of ketones is 2. The van der Waals surface area contributed by atoms with Gasteiger partial charge in [0.15, 0.2) is 11.6 Å². The molecule has 0 saturated heterocycles. The fourth-order valence-electron chi connectivity index (χ4n) is 5.58. The Balaban J connectivity index is 1.25. The maximum atomic E-state index is 13.3. The Morgan fingerprint density at radius 1 is 0.674 bits per heavy atom. The first-order chi connectivity index (χ1) is 20.9. The SMILES string of the molecule is CCN(CCOCC(=O)O)c1ccc(C2C(=O)C(c3ccc(N(Cc4ccccc4)Cc4ccccc4)cc3)C2=O)cc1. The molecule has 4 aromatic carbocycles. The molecule has 220 valence electrons. The van der Waals surface area contributed by atoms with E-state index in [-0.39, 0.29) is 24.8 Å². The zero-order valence-corrected chi connectivity index (χ0v) is 24.3. The van der Waals surface area contributed by atoms with Crippen LogP contribution in [0.4, 0.5) is 11.4 Å². The fourth-order valence-corrected chi connectivity index (χ4v) is 5.58. The monoisotopic (exact) mass is 576 g/mol. The highest BCUT2D eigenvalue weighted by Gasteiger charge is 2.50. The first-order valence-corrected chi connectivity index (χ1v) is 14.6. The number of rotatable bonds is 14. The van der Waals surface area contributed by atoms with Crippen molar-refractivity contribution in [2.75, 3.05) is 36.1 Å². The maximum Gasteiger partial charge on any atom is 0.329 e. The van der Waals surface area contributed by atoms with Crippen LogP contribution in [0.1, 0.15) is 41.0 Å². The van der Waals surface area contributed by atoms with E-state index in [4.69, 9.17) is 9.84 Å². The average Bonchev–Trinajstić information content (AvgIpc) is 3.03. The molecular weight excluding hydrogens is 540 g/mol. The molecular formula is C36H36N2O5. The molecule has 0 aromatic heterocycles. The second-order valence-electron chi connectivity index (χ2n) is 10.7. The van der Waals surface area contributed by atoms with E-state index in [1.165, 1.54) is 11.1 Å². The average molecular weight is 577 g/mol. The lowest BCUT2D eigenvalue weighted by Gasteiger charge is -2.33. The van der Waals surface area contributed by atoms with Crippen molar-refractivity contribution >= 4 is 28.9 Å². The van der Waals surface area contributed by atoms with Gasteiger partial charge in [-0.2, -0.15) is 0 Å². The number of hydrogen-bond acceptors (Lipinski definition) is 6. The van der Waals surface area contributed by atoms with Gasteiger partial charge in [-0.05, 0) is 53.4 Å². The summed E-state index contributed by atoms with van der Waals surface area (Å²) in [5, 5.41) is 8.74. The maximum absolute atomic E-state index is 13.3. The molecule has 7 nitrogen and oxygen atoms in total. The molecule has 0 spiro atoms. The molecule has 1 saturated carbocycles. The highest BCUT2D eigenvalue weighted by Crippen LogP contribution is 2.41. The van der Waals surface area contributed by atoms with Crippen molar-refractivity contribution in [3.63, 3.8) is 0 Å². The van der Waals surface area contributed by atoms with Gasteiger partial charge in [0.2, 0.25) is 0 Å². The van der Waals surface area contributed by atoms with Crippen molar-refractivity contribution in [1.82, 2.24) is 0 Å². The van der Waals surface area contributed by atoms with Gasteiger partial charge in [0.05, 0.1) is 6.61 Å². The Labute approximate surface area is 252 Å². The highest BCUT2D eigenvalue weighted by molar-refractivity contribution is 6.31. The number of carboxylic acid groups (broad SMARTS) is 1. The number of anilines is 2. The van der Waals surface area contributed by atoms with Gasteiger partial charge in [0.25, 0.3) is 0 Å². The molecule has 5 rings (SSSR count). The third-order valence-electron chi connectivity index (χ3n) is 7.87. The molecule has 1 N–H and O–H groups in total. The van der Waals surface area contributed by atoms with Crippen LogP contribution in [-0.2, 0) is 32.2 Å². The number of ether oxygens (including phenoxy) is 1. The summed E-state index contributed by atoms with van der Waals surface area (Å²) in [6.07, 6.45) is 0. The summed E-state index contributed by atoms with van der Waals surface area (Å²) in [7, 11) is 0. The van der Waals surface area contributed by atoms with Crippen LogP contribution >= 0.6 is 0 Å². The molecule has 0 radical (unpaired) electrons. The van der Waals surface area contributed by atoms with Crippen LogP contribution in [0.2, 0.25) is 0 Å². The molecule has 0 amide bonds. The van der Waals surface area contributed by atoms with Crippen molar-refractivity contribution < 1.29 is 24.2 Å². The van der Waals surface area contributed by atoms with E-state index >= 15 is 0 Å². The lowest BCUT2D eigenvalue weighted by atomic mass is 9.66. The lowest BCUT2D eigenvalue weighted by molar-refractivity contribution is -0.143. The van der Waals surface area contributed by atoms with E-state index < -0.39 is 17.8 Å². The Bertz CT molecular complexity index is 1460. The number of benzene rings is 4. The Hall–Kier alpha value is -4.75. The summed E-state index contributed by atoms with van der Waals surface area (Å²) in [6.45, 7) is 4.69.